The standard InChI is InChI=1S/C15H18BrCl2NO/c1-10-4-6-15(9-17,7-5-10)19-14(20)12-3-2-11(18)8-13(12)16/h2-3,8,10H,4-7,9H2,1H3,(H,19,20). The number of nitrogens with one attached hydrogen (secondary N) is 1. The molecule has 1 fully saturated rings. The second-order valence-electron chi connectivity index (χ2n) is 5.67. The van der Waals surface area contributed by atoms with Gasteiger partial charge in [0.2, 0.25) is 0 Å². The molecule has 0 bridgehead atoms. The van der Waals surface area contributed by atoms with Crippen LogP contribution in [0.15, 0.2) is 22.7 Å². The normalized spacial score (nSPS) is 26.3. The highest BCUT2D eigenvalue weighted by atomic mass is 79.9. The van der Waals surface area contributed by atoms with E-state index in [9.17, 15) is 4.79 Å². The third-order valence-electron chi connectivity index (χ3n) is 4.04. The first kappa shape index (κ1) is 16.1. The molecule has 0 spiro atoms. The fourth-order valence-corrected chi connectivity index (χ4v) is 3.79. The Morgan fingerprint density at radius 3 is 2.65 bits per heavy atom. The third kappa shape index (κ3) is 3.69. The zero-order chi connectivity index (χ0) is 14.8. The van der Waals surface area contributed by atoms with Crippen molar-refractivity contribution in [2.45, 2.75) is 38.1 Å². The van der Waals surface area contributed by atoms with Gasteiger partial charge >= 0.3 is 0 Å². The van der Waals surface area contributed by atoms with E-state index in [2.05, 4.69) is 28.2 Å². The first-order valence-electron chi connectivity index (χ1n) is 6.79. The summed E-state index contributed by atoms with van der Waals surface area (Å²) >= 11 is 15.4. The number of hydrogen-bond donors (Lipinski definition) is 1. The Balaban J connectivity index is 2.13. The molecule has 1 aromatic rings. The number of carbonyl (C=O) groups excluding carboxylic acids is 1. The van der Waals surface area contributed by atoms with Crippen molar-refractivity contribution in [2.75, 3.05) is 5.88 Å². The van der Waals surface area contributed by atoms with E-state index in [1.54, 1.807) is 18.2 Å². The predicted molar refractivity (Wildman–Crippen MR) is 87.7 cm³/mol. The van der Waals surface area contributed by atoms with Crippen molar-refractivity contribution in [3.8, 4) is 0 Å². The van der Waals surface area contributed by atoms with Crippen LogP contribution in [0.5, 0.6) is 0 Å². The van der Waals surface area contributed by atoms with Crippen LogP contribution in [0.1, 0.15) is 43.0 Å². The van der Waals surface area contributed by atoms with Gasteiger partial charge in [0.1, 0.15) is 0 Å². The highest BCUT2D eigenvalue weighted by Gasteiger charge is 2.35. The number of rotatable bonds is 3. The second-order valence-corrected chi connectivity index (χ2v) is 7.23. The number of amides is 1. The summed E-state index contributed by atoms with van der Waals surface area (Å²) in [5, 5.41) is 3.74. The lowest BCUT2D eigenvalue weighted by molar-refractivity contribution is 0.0871. The van der Waals surface area contributed by atoms with Gasteiger partial charge in [-0.1, -0.05) is 18.5 Å². The minimum atomic E-state index is -0.274. The molecule has 1 aromatic carbocycles. The first-order valence-corrected chi connectivity index (χ1v) is 8.50. The van der Waals surface area contributed by atoms with E-state index in [1.807, 2.05) is 0 Å². The Hall–Kier alpha value is -0.250. The number of alkyl halides is 1. The van der Waals surface area contributed by atoms with Gasteiger partial charge in [-0.05, 0) is 65.7 Å². The lowest BCUT2D eigenvalue weighted by atomic mass is 9.78. The lowest BCUT2D eigenvalue weighted by Crippen LogP contribution is -2.52. The number of carbonyl (C=O) groups is 1. The molecular formula is C15H18BrCl2NO. The molecule has 1 N–H and O–H groups in total. The van der Waals surface area contributed by atoms with Crippen molar-refractivity contribution in [3.05, 3.63) is 33.3 Å². The van der Waals surface area contributed by atoms with Gasteiger partial charge in [-0.2, -0.15) is 0 Å². The van der Waals surface area contributed by atoms with Crippen molar-refractivity contribution in [1.29, 1.82) is 0 Å². The van der Waals surface area contributed by atoms with Gasteiger partial charge < -0.3 is 5.32 Å². The smallest absolute Gasteiger partial charge is 0.252 e. The fourth-order valence-electron chi connectivity index (χ4n) is 2.59. The van der Waals surface area contributed by atoms with Crippen LogP contribution in [-0.4, -0.2) is 17.3 Å². The molecule has 0 radical (unpaired) electrons. The van der Waals surface area contributed by atoms with Crippen molar-refractivity contribution in [3.63, 3.8) is 0 Å². The highest BCUT2D eigenvalue weighted by Crippen LogP contribution is 2.33. The third-order valence-corrected chi connectivity index (χ3v) is 5.44. The summed E-state index contributed by atoms with van der Waals surface area (Å²) in [6, 6.07) is 5.18. The van der Waals surface area contributed by atoms with Gasteiger partial charge in [0.25, 0.3) is 5.91 Å². The fraction of sp³-hybridized carbons (Fsp3) is 0.533. The van der Waals surface area contributed by atoms with Crippen molar-refractivity contribution in [1.82, 2.24) is 5.32 Å². The van der Waals surface area contributed by atoms with Gasteiger partial charge in [0.05, 0.1) is 11.1 Å². The summed E-state index contributed by atoms with van der Waals surface area (Å²) in [7, 11) is 0. The molecule has 1 aliphatic carbocycles. The summed E-state index contributed by atoms with van der Waals surface area (Å²) in [6.45, 7) is 2.25. The van der Waals surface area contributed by atoms with Crippen LogP contribution in [0.25, 0.3) is 0 Å². The molecule has 2 rings (SSSR count). The van der Waals surface area contributed by atoms with Gasteiger partial charge in [-0.3, -0.25) is 4.79 Å². The molecule has 0 heterocycles. The van der Waals surface area contributed by atoms with E-state index >= 15 is 0 Å². The maximum Gasteiger partial charge on any atom is 0.252 e. The van der Waals surface area contributed by atoms with E-state index in [0.29, 0.717) is 26.9 Å². The maximum atomic E-state index is 12.4. The van der Waals surface area contributed by atoms with Crippen LogP contribution in [0.3, 0.4) is 0 Å². The monoisotopic (exact) mass is 377 g/mol. The largest absolute Gasteiger partial charge is 0.345 e. The van der Waals surface area contributed by atoms with Gasteiger partial charge in [0.15, 0.2) is 0 Å². The Kier molecular flexibility index (Phi) is 5.38. The minimum Gasteiger partial charge on any atom is -0.345 e. The summed E-state index contributed by atoms with van der Waals surface area (Å²) in [4.78, 5) is 12.4. The zero-order valence-electron chi connectivity index (χ0n) is 11.4. The molecule has 5 heteroatoms. The quantitative estimate of drug-likeness (QED) is 0.735. The number of hydrogen-bond acceptors (Lipinski definition) is 1. The summed E-state index contributed by atoms with van der Waals surface area (Å²) in [6.07, 6.45) is 4.09. The Labute approximate surface area is 138 Å². The van der Waals surface area contributed by atoms with E-state index in [4.69, 9.17) is 23.2 Å². The van der Waals surface area contributed by atoms with Crippen molar-refractivity contribution < 1.29 is 4.79 Å². The molecular weight excluding hydrogens is 361 g/mol. The summed E-state index contributed by atoms with van der Waals surface area (Å²) in [5.41, 5.74) is 0.321. The zero-order valence-corrected chi connectivity index (χ0v) is 14.5. The van der Waals surface area contributed by atoms with Crippen LogP contribution >= 0.6 is 39.1 Å². The van der Waals surface area contributed by atoms with E-state index in [1.165, 1.54) is 0 Å². The van der Waals surface area contributed by atoms with Gasteiger partial charge in [-0.25, -0.2) is 0 Å². The summed E-state index contributed by atoms with van der Waals surface area (Å²) < 4.78 is 0.705. The Morgan fingerprint density at radius 2 is 2.10 bits per heavy atom. The van der Waals surface area contributed by atoms with Gasteiger partial charge in [-0.15, -0.1) is 11.6 Å². The van der Waals surface area contributed by atoms with Crippen LogP contribution in [0, 0.1) is 5.92 Å². The molecule has 0 unspecified atom stereocenters. The molecule has 2 nitrogen and oxygen atoms in total. The molecule has 0 saturated heterocycles. The molecule has 0 atom stereocenters. The second kappa shape index (κ2) is 6.67. The van der Waals surface area contributed by atoms with Crippen LogP contribution in [-0.2, 0) is 0 Å². The average molecular weight is 379 g/mol. The highest BCUT2D eigenvalue weighted by molar-refractivity contribution is 9.10. The van der Waals surface area contributed by atoms with E-state index in [-0.39, 0.29) is 11.4 Å². The van der Waals surface area contributed by atoms with Gasteiger partial charge in [0, 0.05) is 15.4 Å². The predicted octanol–water partition coefficient (Wildman–Crippen LogP) is 5.02. The lowest BCUT2D eigenvalue weighted by Gasteiger charge is -2.38. The molecule has 1 saturated carbocycles. The maximum absolute atomic E-state index is 12.4. The van der Waals surface area contributed by atoms with Crippen LogP contribution in [0.2, 0.25) is 5.02 Å². The SMILES string of the molecule is CC1CCC(CCl)(NC(=O)c2ccc(Cl)cc2Br)CC1. The van der Waals surface area contributed by atoms with Crippen molar-refractivity contribution in [2.24, 2.45) is 5.92 Å². The van der Waals surface area contributed by atoms with Crippen LogP contribution < -0.4 is 5.32 Å². The van der Waals surface area contributed by atoms with E-state index < -0.39 is 0 Å². The molecule has 1 aliphatic rings. The van der Waals surface area contributed by atoms with E-state index in [0.717, 1.165) is 25.7 Å². The molecule has 1 amide bonds. The molecule has 110 valence electrons. The number of halogens is 3. The average Bonchev–Trinajstić information content (AvgIpc) is 2.41. The molecule has 0 aromatic heterocycles. The Morgan fingerprint density at radius 1 is 1.45 bits per heavy atom. The molecule has 0 aliphatic heterocycles. The minimum absolute atomic E-state index is 0.0938. The van der Waals surface area contributed by atoms with Crippen LogP contribution in [0.4, 0.5) is 0 Å². The topological polar surface area (TPSA) is 29.1 Å². The summed E-state index contributed by atoms with van der Waals surface area (Å²) in [5.74, 6) is 1.07. The Bertz CT molecular complexity index is 499. The molecule has 20 heavy (non-hydrogen) atoms. The number of benzene rings is 1. The van der Waals surface area contributed by atoms with Crippen molar-refractivity contribution >= 4 is 45.0 Å². The first-order chi connectivity index (χ1) is 9.46.